The first-order valence-corrected chi connectivity index (χ1v) is 12.8. The van der Waals surface area contributed by atoms with Gasteiger partial charge in [0.2, 0.25) is 0 Å². The molecule has 0 radical (unpaired) electrons. The van der Waals surface area contributed by atoms with E-state index in [1.54, 1.807) is 0 Å². The summed E-state index contributed by atoms with van der Waals surface area (Å²) in [5.74, 6) is 0. The molecule has 13 unspecified atom stereocenters. The highest BCUT2D eigenvalue weighted by molar-refractivity contribution is 7.47. The fraction of sp³-hybridized carbons (Fsp3) is 1.00. The van der Waals surface area contributed by atoms with Crippen LogP contribution in [0.2, 0.25) is 0 Å². The van der Waals surface area contributed by atoms with E-state index in [9.17, 15) is 40.1 Å². The Labute approximate surface area is 211 Å². The zero-order valence-corrected chi connectivity index (χ0v) is 20.5. The number of phosphoric ester groups is 1. The summed E-state index contributed by atoms with van der Waals surface area (Å²) in [6, 6.07) is -2.54. The van der Waals surface area contributed by atoms with Gasteiger partial charge in [-0.3, -0.25) is 9.05 Å². The zero-order valence-electron chi connectivity index (χ0n) is 19.7. The second kappa shape index (κ2) is 14.8. The van der Waals surface area contributed by atoms with E-state index < -0.39 is 114 Å². The topological polar surface area (TPSA) is 307 Å². The summed E-state index contributed by atoms with van der Waals surface area (Å²) >= 11 is 0. The van der Waals surface area contributed by atoms with Crippen LogP contribution >= 0.6 is 7.82 Å². The maximum atomic E-state index is 11.9. The molecular formula is C18H37N2O16P. The highest BCUT2D eigenvalue weighted by Gasteiger charge is 2.47. The molecule has 37 heavy (non-hydrogen) atoms. The van der Waals surface area contributed by atoms with Crippen molar-refractivity contribution < 1.29 is 78.3 Å². The lowest BCUT2D eigenvalue weighted by atomic mass is 9.97. The molecule has 0 spiro atoms. The number of phosphoric acid groups is 1. The summed E-state index contributed by atoms with van der Waals surface area (Å²) in [5.41, 5.74) is 11.6. The standard InChI is InChI=1S/C18H37N2O16P/c19-11-15(27)13(25)9(35-17(11)31-3-7(23)1-21)5-32-18-12(20)16(28)14(26)10(36-18)6-34-37(29,30)33-4-8(24)2-22/h7-18,21-28H,1-6,19-20H2,(H,29,30). The maximum absolute atomic E-state index is 11.9. The maximum Gasteiger partial charge on any atom is 0.472 e. The highest BCUT2D eigenvalue weighted by Crippen LogP contribution is 2.44. The smallest absolute Gasteiger partial charge is 0.394 e. The number of nitrogens with two attached hydrogens (primary N) is 2. The minimum atomic E-state index is -4.75. The Bertz CT molecular complexity index is 725. The molecule has 0 aromatic carbocycles. The molecule has 2 aliphatic rings. The monoisotopic (exact) mass is 568 g/mol. The first-order chi connectivity index (χ1) is 17.3. The Morgan fingerprint density at radius 1 is 0.730 bits per heavy atom. The number of rotatable bonds is 14. The quantitative estimate of drug-likeness (QED) is 0.0867. The molecule has 19 heteroatoms. The lowest BCUT2D eigenvalue weighted by Crippen LogP contribution is -2.65. The minimum absolute atomic E-state index is 0.384. The van der Waals surface area contributed by atoms with Gasteiger partial charge in [-0.05, 0) is 0 Å². The Kier molecular flexibility index (Phi) is 13.1. The molecule has 0 amide bonds. The Balaban J connectivity index is 1.96. The first kappa shape index (κ1) is 32.8. The van der Waals surface area contributed by atoms with Gasteiger partial charge in [-0.2, -0.15) is 0 Å². The lowest BCUT2D eigenvalue weighted by Gasteiger charge is -2.43. The Morgan fingerprint density at radius 2 is 1.19 bits per heavy atom. The Hall–Kier alpha value is -0.450. The summed E-state index contributed by atoms with van der Waals surface area (Å²) < 4.78 is 42.8. The van der Waals surface area contributed by atoms with Gasteiger partial charge in [0, 0.05) is 0 Å². The van der Waals surface area contributed by atoms with Gasteiger partial charge < -0.3 is 76.2 Å². The summed E-state index contributed by atoms with van der Waals surface area (Å²) in [4.78, 5) is 9.67. The van der Waals surface area contributed by atoms with Crippen molar-refractivity contribution in [1.82, 2.24) is 0 Å². The summed E-state index contributed by atoms with van der Waals surface area (Å²) in [6.45, 7) is -3.72. The molecule has 2 fully saturated rings. The number of ether oxygens (including phenoxy) is 4. The number of aliphatic hydroxyl groups is 8. The molecule has 0 aromatic rings. The number of aliphatic hydroxyl groups excluding tert-OH is 8. The molecule has 18 nitrogen and oxygen atoms in total. The van der Waals surface area contributed by atoms with E-state index in [-0.39, 0.29) is 6.61 Å². The third-order valence-electron chi connectivity index (χ3n) is 5.63. The predicted molar refractivity (Wildman–Crippen MR) is 117 cm³/mol. The van der Waals surface area contributed by atoms with Crippen LogP contribution in [0, 0.1) is 0 Å². The SMILES string of the molecule is NC1C(OCC(O)CO)OC(COC2OC(COP(=O)(O)OCC(O)CO)C(O)C(O)C2N)C(O)C1O. The van der Waals surface area contributed by atoms with Crippen LogP contribution in [0.5, 0.6) is 0 Å². The van der Waals surface area contributed by atoms with Crippen LogP contribution in [0.4, 0.5) is 0 Å². The van der Waals surface area contributed by atoms with Crippen LogP contribution in [0.25, 0.3) is 0 Å². The molecule has 0 bridgehead atoms. The molecule has 13 atom stereocenters. The van der Waals surface area contributed by atoms with E-state index in [0.29, 0.717) is 0 Å². The molecule has 220 valence electrons. The fourth-order valence-corrected chi connectivity index (χ4v) is 4.14. The average Bonchev–Trinajstić information content (AvgIpc) is 2.88. The van der Waals surface area contributed by atoms with Crippen molar-refractivity contribution in [3.8, 4) is 0 Å². The van der Waals surface area contributed by atoms with E-state index >= 15 is 0 Å². The van der Waals surface area contributed by atoms with Gasteiger partial charge >= 0.3 is 7.82 Å². The minimum Gasteiger partial charge on any atom is -0.394 e. The van der Waals surface area contributed by atoms with Crippen molar-refractivity contribution >= 4 is 7.82 Å². The van der Waals surface area contributed by atoms with Crippen LogP contribution in [0.1, 0.15) is 0 Å². The molecule has 0 aliphatic carbocycles. The van der Waals surface area contributed by atoms with Crippen molar-refractivity contribution in [2.24, 2.45) is 11.5 Å². The Morgan fingerprint density at radius 3 is 1.70 bits per heavy atom. The van der Waals surface area contributed by atoms with E-state index in [4.69, 9.17) is 45.2 Å². The summed E-state index contributed by atoms with van der Waals surface area (Å²) in [6.07, 6.45) is -14.5. The lowest BCUT2D eigenvalue weighted by molar-refractivity contribution is -0.301. The van der Waals surface area contributed by atoms with Gasteiger partial charge in [-0.25, -0.2) is 4.57 Å². The number of hydrogen-bond acceptors (Lipinski definition) is 17. The van der Waals surface area contributed by atoms with Crippen LogP contribution in [0.3, 0.4) is 0 Å². The van der Waals surface area contributed by atoms with Gasteiger partial charge in [-0.1, -0.05) is 0 Å². The summed E-state index contributed by atoms with van der Waals surface area (Å²) in [5, 5.41) is 77.3. The van der Waals surface area contributed by atoms with Crippen molar-refractivity contribution in [2.45, 2.75) is 73.5 Å². The van der Waals surface area contributed by atoms with E-state index in [2.05, 4.69) is 4.52 Å². The first-order valence-electron chi connectivity index (χ1n) is 11.3. The summed E-state index contributed by atoms with van der Waals surface area (Å²) in [7, 11) is -4.75. The van der Waals surface area contributed by atoms with Crippen LogP contribution in [0.15, 0.2) is 0 Å². The average molecular weight is 568 g/mol. The van der Waals surface area contributed by atoms with Crippen molar-refractivity contribution in [2.75, 3.05) is 39.6 Å². The van der Waals surface area contributed by atoms with E-state index in [1.165, 1.54) is 0 Å². The largest absolute Gasteiger partial charge is 0.472 e. The molecule has 2 heterocycles. The molecule has 2 aliphatic heterocycles. The third kappa shape index (κ3) is 9.31. The van der Waals surface area contributed by atoms with Crippen LogP contribution < -0.4 is 11.5 Å². The normalized spacial score (nSPS) is 40.2. The van der Waals surface area contributed by atoms with Crippen LogP contribution in [-0.2, 0) is 32.6 Å². The van der Waals surface area contributed by atoms with Gasteiger partial charge in [0.1, 0.15) is 48.8 Å². The zero-order chi connectivity index (χ0) is 27.9. The highest BCUT2D eigenvalue weighted by atomic mass is 31.2. The van der Waals surface area contributed by atoms with Crippen molar-refractivity contribution in [1.29, 1.82) is 0 Å². The van der Waals surface area contributed by atoms with Gasteiger partial charge in [0.25, 0.3) is 0 Å². The van der Waals surface area contributed by atoms with Gasteiger partial charge in [0.15, 0.2) is 12.6 Å². The molecule has 2 saturated heterocycles. The van der Waals surface area contributed by atoms with Crippen molar-refractivity contribution in [3.05, 3.63) is 0 Å². The van der Waals surface area contributed by atoms with E-state index in [1.807, 2.05) is 0 Å². The second-order valence-corrected chi connectivity index (χ2v) is 10.1. The molecular weight excluding hydrogens is 531 g/mol. The molecule has 0 aromatic heterocycles. The second-order valence-electron chi connectivity index (χ2n) is 8.60. The molecule has 0 saturated carbocycles. The molecule has 2 rings (SSSR count). The number of hydrogen-bond donors (Lipinski definition) is 11. The third-order valence-corrected chi connectivity index (χ3v) is 6.58. The van der Waals surface area contributed by atoms with Crippen LogP contribution in [-0.4, -0.2) is 159 Å². The van der Waals surface area contributed by atoms with Gasteiger partial charge in [0.05, 0.1) is 51.7 Å². The predicted octanol–water partition coefficient (Wildman–Crippen LogP) is -6.59. The van der Waals surface area contributed by atoms with Gasteiger partial charge in [-0.15, -0.1) is 0 Å². The fourth-order valence-electron chi connectivity index (χ4n) is 3.37. The van der Waals surface area contributed by atoms with E-state index in [0.717, 1.165) is 0 Å². The molecule has 13 N–H and O–H groups in total. The van der Waals surface area contributed by atoms with Crippen molar-refractivity contribution in [3.63, 3.8) is 0 Å².